The highest BCUT2D eigenvalue weighted by atomic mass is 16.3. The summed E-state index contributed by atoms with van der Waals surface area (Å²) >= 11 is 0. The lowest BCUT2D eigenvalue weighted by atomic mass is 9.78. The number of aliphatic hydroxyl groups is 1. The van der Waals surface area contributed by atoms with Crippen molar-refractivity contribution in [3.8, 4) is 11.5 Å². The third-order valence-electron chi connectivity index (χ3n) is 3.77. The van der Waals surface area contributed by atoms with Gasteiger partial charge in [-0.25, -0.2) is 0 Å². The van der Waals surface area contributed by atoms with Gasteiger partial charge in [-0.05, 0) is 26.3 Å². The number of aromatic hydroxyl groups is 2. The van der Waals surface area contributed by atoms with E-state index in [1.54, 1.807) is 19.9 Å². The van der Waals surface area contributed by atoms with Gasteiger partial charge in [0.05, 0.1) is 6.61 Å². The van der Waals surface area contributed by atoms with E-state index in [0.29, 0.717) is 22.3 Å². The average Bonchev–Trinajstić information content (AvgIpc) is 2.36. The number of allylic oxidation sites excluding steroid dienone is 3. The van der Waals surface area contributed by atoms with Gasteiger partial charge in [0.15, 0.2) is 0 Å². The van der Waals surface area contributed by atoms with Crippen LogP contribution in [0.3, 0.4) is 0 Å². The van der Waals surface area contributed by atoms with Crippen molar-refractivity contribution in [2.24, 2.45) is 0 Å². The lowest BCUT2D eigenvalue weighted by Crippen LogP contribution is -2.17. The summed E-state index contributed by atoms with van der Waals surface area (Å²) in [4.78, 5) is 0. The van der Waals surface area contributed by atoms with Crippen LogP contribution in [0, 0.1) is 13.8 Å². The summed E-state index contributed by atoms with van der Waals surface area (Å²) in [6, 6.07) is 0. The molecule has 0 atom stereocenters. The van der Waals surface area contributed by atoms with E-state index in [1.165, 1.54) is 0 Å². The maximum absolute atomic E-state index is 10.5. The molecule has 0 radical (unpaired) electrons. The molecule has 0 amide bonds. The molecule has 20 heavy (non-hydrogen) atoms. The Kier molecular flexibility index (Phi) is 4.66. The van der Waals surface area contributed by atoms with E-state index < -0.39 is 5.41 Å². The Bertz CT molecular complexity index is 566. The Hall–Kier alpha value is -1.74. The van der Waals surface area contributed by atoms with Crippen molar-refractivity contribution >= 4 is 0 Å². The van der Waals surface area contributed by atoms with Gasteiger partial charge in [0.1, 0.15) is 11.5 Å². The fraction of sp³-hybridized carbons (Fsp3) is 0.412. The molecule has 0 aliphatic heterocycles. The summed E-state index contributed by atoms with van der Waals surface area (Å²) in [5, 5.41) is 30.1. The molecule has 1 aromatic rings. The maximum Gasteiger partial charge on any atom is 0.125 e. The minimum Gasteiger partial charge on any atom is -0.507 e. The van der Waals surface area contributed by atoms with E-state index in [1.807, 2.05) is 26.8 Å². The minimum absolute atomic E-state index is 0.0541. The number of benzene rings is 1. The predicted octanol–water partition coefficient (Wildman–Crippen LogP) is 3.62. The van der Waals surface area contributed by atoms with E-state index in [2.05, 4.69) is 6.58 Å². The zero-order valence-electron chi connectivity index (χ0n) is 12.9. The Morgan fingerprint density at radius 2 is 1.70 bits per heavy atom. The Labute approximate surface area is 120 Å². The predicted molar refractivity (Wildman–Crippen MR) is 82.1 cm³/mol. The Balaban J connectivity index is 3.69. The molecule has 3 nitrogen and oxygen atoms in total. The molecule has 3 N–H and O–H groups in total. The first-order valence-electron chi connectivity index (χ1n) is 6.64. The number of phenols is 2. The van der Waals surface area contributed by atoms with Crippen LogP contribution in [-0.2, 0) is 12.0 Å². The largest absolute Gasteiger partial charge is 0.507 e. The van der Waals surface area contributed by atoms with Crippen LogP contribution >= 0.6 is 0 Å². The highest BCUT2D eigenvalue weighted by Crippen LogP contribution is 2.43. The van der Waals surface area contributed by atoms with Crippen LogP contribution in [0.15, 0.2) is 24.3 Å². The number of hydrogen-bond donors (Lipinski definition) is 3. The molecule has 110 valence electrons. The monoisotopic (exact) mass is 276 g/mol. The molecule has 0 unspecified atom stereocenters. The van der Waals surface area contributed by atoms with Crippen LogP contribution in [0.4, 0.5) is 0 Å². The smallest absolute Gasteiger partial charge is 0.125 e. The van der Waals surface area contributed by atoms with Gasteiger partial charge in [-0.1, -0.05) is 38.2 Å². The van der Waals surface area contributed by atoms with Gasteiger partial charge < -0.3 is 15.3 Å². The second kappa shape index (κ2) is 5.71. The lowest BCUT2D eigenvalue weighted by Gasteiger charge is -2.28. The van der Waals surface area contributed by atoms with Crippen LogP contribution in [0.5, 0.6) is 11.5 Å². The normalized spacial score (nSPS) is 12.6. The van der Waals surface area contributed by atoms with E-state index in [4.69, 9.17) is 0 Å². The fourth-order valence-electron chi connectivity index (χ4n) is 2.73. The molecule has 0 spiro atoms. The number of hydrogen-bond acceptors (Lipinski definition) is 3. The Morgan fingerprint density at radius 1 is 1.15 bits per heavy atom. The van der Waals surface area contributed by atoms with Crippen LogP contribution in [0.25, 0.3) is 0 Å². The third-order valence-corrected chi connectivity index (χ3v) is 3.77. The van der Waals surface area contributed by atoms with Crippen molar-refractivity contribution < 1.29 is 15.3 Å². The summed E-state index contributed by atoms with van der Waals surface area (Å²) in [7, 11) is 0. The van der Waals surface area contributed by atoms with Crippen LogP contribution in [-0.4, -0.2) is 15.3 Å². The number of rotatable bonds is 4. The molecule has 0 heterocycles. The number of phenolic OH excluding ortho intramolecular Hbond substituents is 1. The first-order valence-corrected chi connectivity index (χ1v) is 6.64. The topological polar surface area (TPSA) is 60.7 Å². The summed E-state index contributed by atoms with van der Waals surface area (Å²) < 4.78 is 0. The molecule has 1 aromatic carbocycles. The average molecular weight is 276 g/mol. The van der Waals surface area contributed by atoms with Crippen molar-refractivity contribution in [2.45, 2.75) is 46.6 Å². The first-order chi connectivity index (χ1) is 9.17. The van der Waals surface area contributed by atoms with Crippen LogP contribution in [0.2, 0.25) is 0 Å². The van der Waals surface area contributed by atoms with Crippen LogP contribution in [0.1, 0.15) is 43.0 Å². The summed E-state index contributed by atoms with van der Waals surface area (Å²) in [5.74, 6) is 0.179. The summed E-state index contributed by atoms with van der Waals surface area (Å²) in [6.07, 6.45) is 3.73. The van der Waals surface area contributed by atoms with Crippen molar-refractivity contribution in [3.63, 3.8) is 0 Å². The zero-order valence-corrected chi connectivity index (χ0v) is 12.9. The molecule has 0 fully saturated rings. The fourth-order valence-corrected chi connectivity index (χ4v) is 2.73. The van der Waals surface area contributed by atoms with Gasteiger partial charge in [0.25, 0.3) is 0 Å². The van der Waals surface area contributed by atoms with E-state index >= 15 is 0 Å². The van der Waals surface area contributed by atoms with Gasteiger partial charge in [0.2, 0.25) is 0 Å². The minimum atomic E-state index is -0.485. The second-order valence-electron chi connectivity index (χ2n) is 5.77. The van der Waals surface area contributed by atoms with Crippen molar-refractivity contribution in [3.05, 3.63) is 46.6 Å². The standard InChI is InChI=1S/C17H24O3/c1-7-10(2)8-17(5,6)14-12(4)15(19)11(3)13(9-18)16(14)20/h7-8,18-20H,1,9H2,2-6H3/b10-8+. The van der Waals surface area contributed by atoms with Crippen molar-refractivity contribution in [2.75, 3.05) is 0 Å². The summed E-state index contributed by atoms with van der Waals surface area (Å²) in [5.41, 5.74) is 2.66. The molecular weight excluding hydrogens is 252 g/mol. The molecule has 0 bridgehead atoms. The molecule has 3 heteroatoms. The van der Waals surface area contributed by atoms with Gasteiger partial charge in [0, 0.05) is 22.1 Å². The molecule has 0 aliphatic rings. The highest BCUT2D eigenvalue weighted by molar-refractivity contribution is 5.60. The summed E-state index contributed by atoms with van der Waals surface area (Å²) in [6.45, 7) is 12.7. The second-order valence-corrected chi connectivity index (χ2v) is 5.77. The highest BCUT2D eigenvalue weighted by Gasteiger charge is 2.28. The maximum atomic E-state index is 10.5. The molecule has 0 aromatic heterocycles. The lowest BCUT2D eigenvalue weighted by molar-refractivity contribution is 0.272. The molecule has 0 saturated carbocycles. The molecule has 0 aliphatic carbocycles. The SMILES string of the molecule is C=C/C(C)=C/C(C)(C)c1c(C)c(O)c(C)c(CO)c1O. The molecular formula is C17H24O3. The van der Waals surface area contributed by atoms with Gasteiger partial charge in [-0.2, -0.15) is 0 Å². The van der Waals surface area contributed by atoms with E-state index in [-0.39, 0.29) is 18.1 Å². The van der Waals surface area contributed by atoms with Crippen molar-refractivity contribution in [1.29, 1.82) is 0 Å². The Morgan fingerprint density at radius 3 is 2.15 bits per heavy atom. The van der Waals surface area contributed by atoms with E-state index in [9.17, 15) is 15.3 Å². The quantitative estimate of drug-likeness (QED) is 0.581. The van der Waals surface area contributed by atoms with Gasteiger partial charge in [-0.15, -0.1) is 0 Å². The van der Waals surface area contributed by atoms with Gasteiger partial charge in [-0.3, -0.25) is 0 Å². The third kappa shape index (κ3) is 2.73. The first kappa shape index (κ1) is 16.3. The van der Waals surface area contributed by atoms with Gasteiger partial charge >= 0.3 is 0 Å². The zero-order chi connectivity index (χ0) is 15.7. The molecule has 1 rings (SSSR count). The van der Waals surface area contributed by atoms with Crippen LogP contribution < -0.4 is 0 Å². The molecule has 0 saturated heterocycles. The van der Waals surface area contributed by atoms with E-state index in [0.717, 1.165) is 5.57 Å². The number of aliphatic hydroxyl groups excluding tert-OH is 1. The van der Waals surface area contributed by atoms with Crippen molar-refractivity contribution in [1.82, 2.24) is 0 Å².